The lowest BCUT2D eigenvalue weighted by Crippen LogP contribution is -2.39. The minimum absolute atomic E-state index is 0.0584. The van der Waals surface area contributed by atoms with E-state index in [1.807, 2.05) is 0 Å². The summed E-state index contributed by atoms with van der Waals surface area (Å²) in [6.45, 7) is 4.81. The van der Waals surface area contributed by atoms with Crippen LogP contribution < -0.4 is 10.0 Å². The lowest BCUT2D eigenvalue weighted by atomic mass is 9.99. The second-order valence-corrected chi connectivity index (χ2v) is 9.34. The summed E-state index contributed by atoms with van der Waals surface area (Å²) >= 11 is 0. The van der Waals surface area contributed by atoms with E-state index >= 15 is 0 Å². The SMILES string of the molecule is CC(C)NS(=O)(=O)c1ccc(NC(=O)[C@H](C)OC(=O)[C@@H]2Cc3ccccc3C(=O)O2)cc1. The number of hydrogen-bond acceptors (Lipinski definition) is 7. The lowest BCUT2D eigenvalue weighted by molar-refractivity contribution is -0.162. The second-order valence-electron chi connectivity index (χ2n) is 7.62. The Morgan fingerprint density at radius 1 is 1.06 bits per heavy atom. The first kappa shape index (κ1) is 23.4. The number of anilines is 1. The Hall–Kier alpha value is -3.24. The van der Waals surface area contributed by atoms with Crippen molar-refractivity contribution in [2.24, 2.45) is 0 Å². The number of amides is 1. The van der Waals surface area contributed by atoms with Crippen molar-refractivity contribution < 1.29 is 32.3 Å². The maximum atomic E-state index is 12.4. The molecule has 2 N–H and O–H groups in total. The molecule has 0 aromatic heterocycles. The summed E-state index contributed by atoms with van der Waals surface area (Å²) < 4.78 is 37.1. The number of nitrogens with one attached hydrogen (secondary N) is 2. The molecule has 0 aliphatic carbocycles. The van der Waals surface area contributed by atoms with Gasteiger partial charge in [0, 0.05) is 18.2 Å². The van der Waals surface area contributed by atoms with Crippen LogP contribution in [0.25, 0.3) is 0 Å². The normalized spacial score (nSPS) is 16.6. The highest BCUT2D eigenvalue weighted by molar-refractivity contribution is 7.89. The van der Waals surface area contributed by atoms with Gasteiger partial charge in [0.15, 0.2) is 6.10 Å². The second kappa shape index (κ2) is 9.49. The zero-order chi connectivity index (χ0) is 23.5. The number of cyclic esters (lactones) is 1. The Balaban J connectivity index is 1.58. The summed E-state index contributed by atoms with van der Waals surface area (Å²) in [6, 6.07) is 12.1. The maximum absolute atomic E-state index is 12.4. The van der Waals surface area contributed by atoms with Gasteiger partial charge in [-0.05, 0) is 56.7 Å². The van der Waals surface area contributed by atoms with Crippen LogP contribution in [0.3, 0.4) is 0 Å². The monoisotopic (exact) mass is 460 g/mol. The first-order chi connectivity index (χ1) is 15.1. The molecule has 9 nitrogen and oxygen atoms in total. The minimum Gasteiger partial charge on any atom is -0.450 e. The van der Waals surface area contributed by atoms with E-state index in [2.05, 4.69) is 10.0 Å². The molecular formula is C22H24N2O7S. The van der Waals surface area contributed by atoms with E-state index in [0.717, 1.165) is 0 Å². The van der Waals surface area contributed by atoms with Crippen molar-refractivity contribution in [2.75, 3.05) is 5.32 Å². The molecule has 3 rings (SSSR count). The number of hydrogen-bond donors (Lipinski definition) is 2. The molecule has 2 aromatic carbocycles. The zero-order valence-electron chi connectivity index (χ0n) is 17.8. The smallest absolute Gasteiger partial charge is 0.348 e. The molecule has 0 saturated carbocycles. The highest BCUT2D eigenvalue weighted by Crippen LogP contribution is 2.22. The van der Waals surface area contributed by atoms with Crippen LogP contribution in [-0.2, 0) is 35.5 Å². The number of carbonyl (C=O) groups excluding carboxylic acids is 3. The molecule has 1 aliphatic rings. The molecule has 0 spiro atoms. The molecule has 2 aromatic rings. The Bertz CT molecular complexity index is 1130. The van der Waals surface area contributed by atoms with Gasteiger partial charge in [-0.1, -0.05) is 18.2 Å². The predicted molar refractivity (Wildman–Crippen MR) is 115 cm³/mol. The zero-order valence-corrected chi connectivity index (χ0v) is 18.6. The van der Waals surface area contributed by atoms with Gasteiger partial charge in [0.05, 0.1) is 10.5 Å². The molecule has 0 radical (unpaired) electrons. The van der Waals surface area contributed by atoms with Crippen LogP contribution in [0.2, 0.25) is 0 Å². The highest BCUT2D eigenvalue weighted by atomic mass is 32.2. The summed E-state index contributed by atoms with van der Waals surface area (Å²) in [4.78, 5) is 36.9. The van der Waals surface area contributed by atoms with Crippen LogP contribution in [0.15, 0.2) is 53.4 Å². The summed E-state index contributed by atoms with van der Waals surface area (Å²) in [5.41, 5.74) is 1.40. The average molecular weight is 461 g/mol. The van der Waals surface area contributed by atoms with Gasteiger partial charge < -0.3 is 14.8 Å². The highest BCUT2D eigenvalue weighted by Gasteiger charge is 2.34. The van der Waals surface area contributed by atoms with E-state index < -0.39 is 40.1 Å². The third kappa shape index (κ3) is 5.51. The summed E-state index contributed by atoms with van der Waals surface area (Å²) in [6.07, 6.45) is -2.13. The quantitative estimate of drug-likeness (QED) is 0.605. The van der Waals surface area contributed by atoms with E-state index in [4.69, 9.17) is 9.47 Å². The topological polar surface area (TPSA) is 128 Å². The standard InChI is InChI=1S/C22H24N2O7S/c1-13(2)24-32(28,29)17-10-8-16(9-11-17)23-20(25)14(3)30-22(27)19-12-15-6-4-5-7-18(15)21(26)31-19/h4-11,13-14,19,24H,12H2,1-3H3,(H,23,25)/t14-,19-/m0/s1. The van der Waals surface area contributed by atoms with Gasteiger partial charge in [-0.25, -0.2) is 22.7 Å². The first-order valence-corrected chi connectivity index (χ1v) is 11.5. The summed E-state index contributed by atoms with van der Waals surface area (Å²) in [7, 11) is -3.65. The van der Waals surface area contributed by atoms with E-state index in [-0.39, 0.29) is 17.4 Å². The Labute approximate surface area is 186 Å². The van der Waals surface area contributed by atoms with E-state index in [9.17, 15) is 22.8 Å². The number of rotatable bonds is 7. The van der Waals surface area contributed by atoms with E-state index in [1.54, 1.807) is 38.1 Å². The lowest BCUT2D eigenvalue weighted by Gasteiger charge is -2.24. The van der Waals surface area contributed by atoms with Gasteiger partial charge in [-0.3, -0.25) is 4.79 Å². The number of sulfonamides is 1. The molecule has 1 aliphatic heterocycles. The number of benzene rings is 2. The van der Waals surface area contributed by atoms with Gasteiger partial charge in [0.2, 0.25) is 16.1 Å². The number of fused-ring (bicyclic) bond motifs is 1. The molecule has 0 unspecified atom stereocenters. The Morgan fingerprint density at radius 2 is 1.72 bits per heavy atom. The van der Waals surface area contributed by atoms with Crippen molar-refractivity contribution in [1.82, 2.24) is 4.72 Å². The molecule has 32 heavy (non-hydrogen) atoms. The number of esters is 2. The third-order valence-electron chi connectivity index (χ3n) is 4.64. The molecule has 170 valence electrons. The molecule has 10 heteroatoms. The summed E-state index contributed by atoms with van der Waals surface area (Å²) in [5.74, 6) is -2.05. The van der Waals surface area contributed by atoms with Crippen LogP contribution in [0.1, 0.15) is 36.7 Å². The summed E-state index contributed by atoms with van der Waals surface area (Å²) in [5, 5.41) is 2.55. The maximum Gasteiger partial charge on any atom is 0.348 e. The molecule has 0 bridgehead atoms. The van der Waals surface area contributed by atoms with Crippen molar-refractivity contribution in [2.45, 2.75) is 50.3 Å². The van der Waals surface area contributed by atoms with Crippen molar-refractivity contribution >= 4 is 33.6 Å². The number of ether oxygens (including phenoxy) is 2. The van der Waals surface area contributed by atoms with Crippen LogP contribution in [0.5, 0.6) is 0 Å². The average Bonchev–Trinajstić information content (AvgIpc) is 2.73. The van der Waals surface area contributed by atoms with Crippen molar-refractivity contribution in [3.05, 3.63) is 59.7 Å². The predicted octanol–water partition coefficient (Wildman–Crippen LogP) is 2.03. The molecule has 1 amide bonds. The fourth-order valence-electron chi connectivity index (χ4n) is 3.11. The number of carbonyl (C=O) groups is 3. The fourth-order valence-corrected chi connectivity index (χ4v) is 4.36. The molecule has 2 atom stereocenters. The van der Waals surface area contributed by atoms with Crippen LogP contribution in [0, 0.1) is 0 Å². The van der Waals surface area contributed by atoms with Gasteiger partial charge >= 0.3 is 11.9 Å². The van der Waals surface area contributed by atoms with Crippen LogP contribution in [0.4, 0.5) is 5.69 Å². The Morgan fingerprint density at radius 3 is 2.38 bits per heavy atom. The van der Waals surface area contributed by atoms with Crippen LogP contribution >= 0.6 is 0 Å². The van der Waals surface area contributed by atoms with Gasteiger partial charge in [0.25, 0.3) is 5.91 Å². The first-order valence-electron chi connectivity index (χ1n) is 9.99. The van der Waals surface area contributed by atoms with Gasteiger partial charge in [-0.15, -0.1) is 0 Å². The largest absolute Gasteiger partial charge is 0.450 e. The van der Waals surface area contributed by atoms with Crippen molar-refractivity contribution in [3.8, 4) is 0 Å². The molecule has 0 saturated heterocycles. The minimum atomic E-state index is -3.65. The molecule has 1 heterocycles. The molecule has 0 fully saturated rings. The Kier molecular flexibility index (Phi) is 6.95. The molecular weight excluding hydrogens is 436 g/mol. The van der Waals surface area contributed by atoms with Crippen molar-refractivity contribution in [3.63, 3.8) is 0 Å². The van der Waals surface area contributed by atoms with Gasteiger partial charge in [0.1, 0.15) is 0 Å². The van der Waals surface area contributed by atoms with E-state index in [0.29, 0.717) is 16.8 Å². The van der Waals surface area contributed by atoms with Gasteiger partial charge in [-0.2, -0.15) is 0 Å². The third-order valence-corrected chi connectivity index (χ3v) is 6.31. The van der Waals surface area contributed by atoms with Crippen LogP contribution in [-0.4, -0.2) is 44.5 Å². The van der Waals surface area contributed by atoms with Crippen molar-refractivity contribution in [1.29, 1.82) is 0 Å². The fraction of sp³-hybridized carbons (Fsp3) is 0.318. The van der Waals surface area contributed by atoms with E-state index in [1.165, 1.54) is 31.2 Å².